The second-order valence-electron chi connectivity index (χ2n) is 7.00. The van der Waals surface area contributed by atoms with E-state index in [1.54, 1.807) is 23.1 Å². The molecular formula is C20H20FN5O3. The van der Waals surface area contributed by atoms with Crippen molar-refractivity contribution in [3.05, 3.63) is 68.7 Å². The molecule has 0 unspecified atom stereocenters. The van der Waals surface area contributed by atoms with Crippen LogP contribution < -0.4 is 16.1 Å². The summed E-state index contributed by atoms with van der Waals surface area (Å²) in [5, 5.41) is 0.274. The summed E-state index contributed by atoms with van der Waals surface area (Å²) < 4.78 is 16.2. The van der Waals surface area contributed by atoms with Gasteiger partial charge in [0.15, 0.2) is 0 Å². The molecule has 4 rings (SSSR count). The molecule has 150 valence electrons. The highest BCUT2D eigenvalue weighted by Crippen LogP contribution is 2.20. The minimum atomic E-state index is -0.502. The van der Waals surface area contributed by atoms with Crippen LogP contribution in [0.1, 0.15) is 10.5 Å². The van der Waals surface area contributed by atoms with E-state index in [9.17, 15) is 18.8 Å². The van der Waals surface area contributed by atoms with Crippen molar-refractivity contribution in [3.8, 4) is 0 Å². The number of para-hydroxylation sites is 1. The van der Waals surface area contributed by atoms with Crippen LogP contribution in [0.2, 0.25) is 0 Å². The van der Waals surface area contributed by atoms with Crippen molar-refractivity contribution >= 4 is 22.6 Å². The molecule has 9 heteroatoms. The van der Waals surface area contributed by atoms with Gasteiger partial charge >= 0.3 is 5.69 Å². The summed E-state index contributed by atoms with van der Waals surface area (Å²) in [6.07, 6.45) is 0. The van der Waals surface area contributed by atoms with Gasteiger partial charge in [-0.2, -0.15) is 0 Å². The number of rotatable bonds is 2. The van der Waals surface area contributed by atoms with Crippen LogP contribution in [-0.4, -0.2) is 51.1 Å². The highest BCUT2D eigenvalue weighted by atomic mass is 19.1. The highest BCUT2D eigenvalue weighted by Gasteiger charge is 2.25. The molecule has 0 aliphatic carbocycles. The SMILES string of the molecule is Cn1c(=O)c2ccc(C(=O)N3CCN(c4ccccc4F)CC3)nc2n(C)c1=O. The Hall–Kier alpha value is -3.49. The van der Waals surface area contributed by atoms with Crippen LogP contribution in [0.25, 0.3) is 11.0 Å². The molecule has 29 heavy (non-hydrogen) atoms. The van der Waals surface area contributed by atoms with Gasteiger partial charge in [-0.05, 0) is 24.3 Å². The Kier molecular flexibility index (Phi) is 4.65. The van der Waals surface area contributed by atoms with Crippen molar-refractivity contribution in [1.82, 2.24) is 19.0 Å². The van der Waals surface area contributed by atoms with E-state index in [4.69, 9.17) is 0 Å². The van der Waals surface area contributed by atoms with E-state index in [0.29, 0.717) is 31.9 Å². The van der Waals surface area contributed by atoms with Gasteiger partial charge in [0.2, 0.25) is 0 Å². The van der Waals surface area contributed by atoms with Crippen molar-refractivity contribution in [2.45, 2.75) is 0 Å². The lowest BCUT2D eigenvalue weighted by atomic mass is 10.2. The number of anilines is 1. The third-order valence-corrected chi connectivity index (χ3v) is 5.28. The Balaban J connectivity index is 1.58. The van der Waals surface area contributed by atoms with E-state index in [1.807, 2.05) is 4.90 Å². The van der Waals surface area contributed by atoms with Gasteiger partial charge in [0.25, 0.3) is 11.5 Å². The Morgan fingerprint density at radius 3 is 2.34 bits per heavy atom. The molecule has 1 amide bonds. The van der Waals surface area contributed by atoms with Gasteiger partial charge in [0.05, 0.1) is 11.1 Å². The smallest absolute Gasteiger partial charge is 0.332 e. The number of fused-ring (bicyclic) bond motifs is 1. The van der Waals surface area contributed by atoms with Gasteiger partial charge in [-0.1, -0.05) is 12.1 Å². The maximum Gasteiger partial charge on any atom is 0.332 e. The molecule has 0 bridgehead atoms. The number of hydrogen-bond acceptors (Lipinski definition) is 5. The molecule has 2 aromatic heterocycles. The molecule has 0 radical (unpaired) electrons. The van der Waals surface area contributed by atoms with Crippen LogP contribution in [0.5, 0.6) is 0 Å². The zero-order valence-electron chi connectivity index (χ0n) is 16.1. The third-order valence-electron chi connectivity index (χ3n) is 5.28. The van der Waals surface area contributed by atoms with Gasteiger partial charge in [0.1, 0.15) is 17.2 Å². The number of benzene rings is 1. The van der Waals surface area contributed by atoms with Crippen LogP contribution in [0, 0.1) is 5.82 Å². The van der Waals surface area contributed by atoms with E-state index in [0.717, 1.165) is 4.57 Å². The van der Waals surface area contributed by atoms with Gasteiger partial charge in [-0.3, -0.25) is 18.7 Å². The molecule has 0 atom stereocenters. The molecule has 0 N–H and O–H groups in total. The summed E-state index contributed by atoms with van der Waals surface area (Å²) in [5.41, 5.74) is -0.0884. The van der Waals surface area contributed by atoms with Crippen molar-refractivity contribution in [2.75, 3.05) is 31.1 Å². The number of halogens is 1. The number of aryl methyl sites for hydroxylation is 1. The van der Waals surface area contributed by atoms with Crippen LogP contribution >= 0.6 is 0 Å². The lowest BCUT2D eigenvalue weighted by molar-refractivity contribution is 0.0741. The van der Waals surface area contributed by atoms with Crippen molar-refractivity contribution in [3.63, 3.8) is 0 Å². The summed E-state index contributed by atoms with van der Waals surface area (Å²) in [5.74, 6) is -0.570. The lowest BCUT2D eigenvalue weighted by Gasteiger charge is -2.36. The van der Waals surface area contributed by atoms with Crippen molar-refractivity contribution in [2.24, 2.45) is 14.1 Å². The fourth-order valence-electron chi connectivity index (χ4n) is 3.59. The number of carbonyl (C=O) groups excluding carboxylic acids is 1. The first-order chi connectivity index (χ1) is 13.9. The number of hydrogen-bond donors (Lipinski definition) is 0. The summed E-state index contributed by atoms with van der Waals surface area (Å²) in [6.45, 7) is 1.84. The molecule has 0 saturated carbocycles. The topological polar surface area (TPSA) is 80.4 Å². The second kappa shape index (κ2) is 7.16. The fourth-order valence-corrected chi connectivity index (χ4v) is 3.59. The average molecular weight is 397 g/mol. The standard InChI is InChI=1S/C20H20FN5O3/c1-23-17-13(18(27)24(2)20(23)29)7-8-15(22-17)19(28)26-11-9-25(10-12-26)16-6-4-3-5-14(16)21/h3-8H,9-12H2,1-2H3. The van der Waals surface area contributed by atoms with Crippen LogP contribution in [0.15, 0.2) is 46.0 Å². The second-order valence-corrected chi connectivity index (χ2v) is 7.00. The molecule has 1 aromatic carbocycles. The zero-order valence-corrected chi connectivity index (χ0v) is 16.1. The summed E-state index contributed by atoms with van der Waals surface area (Å²) >= 11 is 0. The Morgan fingerprint density at radius 1 is 0.966 bits per heavy atom. The van der Waals surface area contributed by atoms with Crippen molar-refractivity contribution < 1.29 is 9.18 Å². The fraction of sp³-hybridized carbons (Fsp3) is 0.300. The Bertz CT molecular complexity index is 1220. The highest BCUT2D eigenvalue weighted by molar-refractivity contribution is 5.94. The monoisotopic (exact) mass is 397 g/mol. The van der Waals surface area contributed by atoms with Crippen molar-refractivity contribution in [1.29, 1.82) is 0 Å². The maximum atomic E-state index is 14.0. The largest absolute Gasteiger partial charge is 0.366 e. The van der Waals surface area contributed by atoms with E-state index < -0.39 is 11.2 Å². The number of pyridine rings is 1. The molecular weight excluding hydrogens is 377 g/mol. The van der Waals surface area contributed by atoms with E-state index >= 15 is 0 Å². The van der Waals surface area contributed by atoms with Crippen LogP contribution in [-0.2, 0) is 14.1 Å². The van der Waals surface area contributed by atoms with E-state index in [2.05, 4.69) is 4.98 Å². The minimum Gasteiger partial charge on any atom is -0.366 e. The molecule has 0 spiro atoms. The molecule has 8 nitrogen and oxygen atoms in total. The number of aromatic nitrogens is 3. The predicted octanol–water partition coefficient (Wildman–Crippen LogP) is 0.734. The number of amides is 1. The van der Waals surface area contributed by atoms with Gasteiger partial charge in [-0.25, -0.2) is 14.2 Å². The molecule has 1 aliphatic rings. The number of nitrogens with zero attached hydrogens (tertiary/aromatic N) is 5. The first-order valence-electron chi connectivity index (χ1n) is 9.24. The van der Waals surface area contributed by atoms with Crippen LogP contribution in [0.4, 0.5) is 10.1 Å². The quantitative estimate of drug-likeness (QED) is 0.637. The normalized spacial score (nSPS) is 14.4. The van der Waals surface area contributed by atoms with Crippen LogP contribution in [0.3, 0.4) is 0 Å². The lowest BCUT2D eigenvalue weighted by Crippen LogP contribution is -2.49. The molecule has 1 fully saturated rings. The summed E-state index contributed by atoms with van der Waals surface area (Å²) in [7, 11) is 2.91. The van der Waals surface area contributed by atoms with Gasteiger partial charge < -0.3 is 9.80 Å². The summed E-state index contributed by atoms with van der Waals surface area (Å²) in [4.78, 5) is 45.1. The maximum absolute atomic E-state index is 14.0. The van der Waals surface area contributed by atoms with Gasteiger partial charge in [0, 0.05) is 40.3 Å². The average Bonchev–Trinajstić information content (AvgIpc) is 2.76. The van der Waals surface area contributed by atoms with E-state index in [-0.39, 0.29) is 28.5 Å². The molecule has 3 heterocycles. The Morgan fingerprint density at radius 2 is 1.66 bits per heavy atom. The Labute approximate surface area is 165 Å². The van der Waals surface area contributed by atoms with E-state index in [1.165, 1.54) is 36.9 Å². The first-order valence-corrected chi connectivity index (χ1v) is 9.24. The van der Waals surface area contributed by atoms with Gasteiger partial charge in [-0.15, -0.1) is 0 Å². The first kappa shape index (κ1) is 18.9. The molecule has 3 aromatic rings. The minimum absolute atomic E-state index is 0.167. The zero-order chi connectivity index (χ0) is 20.7. The third kappa shape index (κ3) is 3.18. The number of piperazine rings is 1. The molecule has 1 aliphatic heterocycles. The predicted molar refractivity (Wildman–Crippen MR) is 107 cm³/mol. The summed E-state index contributed by atoms with van der Waals surface area (Å²) in [6, 6.07) is 9.58. The number of carbonyl (C=O) groups is 1. The molecule has 1 saturated heterocycles.